The van der Waals surface area contributed by atoms with E-state index in [9.17, 15) is 21.6 Å². The molecule has 124 valence electrons. The third-order valence-corrected chi connectivity index (χ3v) is 6.75. The lowest BCUT2D eigenvalue weighted by Gasteiger charge is -2.37. The van der Waals surface area contributed by atoms with Crippen molar-refractivity contribution in [3.63, 3.8) is 0 Å². The van der Waals surface area contributed by atoms with Crippen molar-refractivity contribution in [3.8, 4) is 0 Å². The average Bonchev–Trinajstić information content (AvgIpc) is 2.46. The number of halogens is 3. The molecule has 0 amide bonds. The molecule has 0 aromatic rings. The quantitative estimate of drug-likeness (QED) is 0.861. The highest BCUT2D eigenvalue weighted by Gasteiger charge is 2.43. The standard InChI is InChI=1S/C13H23F3N2O2S/c14-13(15,16)10-18(11-6-8-17-9-7-11)21(19,20)12-4-2-1-3-5-12/h11-12,17H,1-10H2. The molecule has 1 aliphatic carbocycles. The van der Waals surface area contributed by atoms with E-state index in [0.29, 0.717) is 38.8 Å². The molecule has 0 radical (unpaired) electrons. The maximum absolute atomic E-state index is 12.8. The first-order valence-corrected chi connectivity index (χ1v) is 9.09. The molecule has 0 bridgehead atoms. The molecule has 1 heterocycles. The van der Waals surface area contributed by atoms with Crippen LogP contribution in [-0.4, -0.2) is 49.8 Å². The van der Waals surface area contributed by atoms with Gasteiger partial charge in [-0.05, 0) is 38.8 Å². The van der Waals surface area contributed by atoms with Gasteiger partial charge >= 0.3 is 6.18 Å². The Balaban J connectivity index is 2.19. The first-order valence-electron chi connectivity index (χ1n) is 7.59. The van der Waals surface area contributed by atoms with E-state index >= 15 is 0 Å². The third kappa shape index (κ3) is 4.56. The SMILES string of the molecule is O=S(=O)(C1CCCCC1)N(CC(F)(F)F)C1CCNCC1. The second kappa shape index (κ2) is 6.83. The van der Waals surface area contributed by atoms with Crippen LogP contribution in [0.15, 0.2) is 0 Å². The van der Waals surface area contributed by atoms with E-state index in [1.165, 1.54) is 0 Å². The second-order valence-electron chi connectivity index (χ2n) is 5.95. The van der Waals surface area contributed by atoms with Gasteiger partial charge in [0.2, 0.25) is 10.0 Å². The predicted octanol–water partition coefficient (Wildman–Crippen LogP) is 2.27. The topological polar surface area (TPSA) is 49.4 Å². The van der Waals surface area contributed by atoms with Crippen molar-refractivity contribution >= 4 is 10.0 Å². The fraction of sp³-hybridized carbons (Fsp3) is 1.00. The van der Waals surface area contributed by atoms with Gasteiger partial charge in [-0.2, -0.15) is 17.5 Å². The first kappa shape index (κ1) is 17.0. The summed E-state index contributed by atoms with van der Waals surface area (Å²) < 4.78 is 64.6. The lowest BCUT2D eigenvalue weighted by Crippen LogP contribution is -2.52. The number of hydrogen-bond acceptors (Lipinski definition) is 3. The van der Waals surface area contributed by atoms with E-state index < -0.39 is 34.0 Å². The summed E-state index contributed by atoms with van der Waals surface area (Å²) in [4.78, 5) is 0. The molecule has 2 rings (SSSR count). The molecule has 0 aromatic heterocycles. The van der Waals surface area contributed by atoms with Crippen molar-refractivity contribution in [1.82, 2.24) is 9.62 Å². The summed E-state index contributed by atoms with van der Waals surface area (Å²) in [5.41, 5.74) is 0. The van der Waals surface area contributed by atoms with E-state index in [4.69, 9.17) is 0 Å². The minimum atomic E-state index is -4.49. The number of alkyl halides is 3. The van der Waals surface area contributed by atoms with Crippen LogP contribution in [0.25, 0.3) is 0 Å². The van der Waals surface area contributed by atoms with Gasteiger partial charge in [0.05, 0.1) is 5.25 Å². The zero-order valence-electron chi connectivity index (χ0n) is 12.0. The Morgan fingerprint density at radius 2 is 1.57 bits per heavy atom. The van der Waals surface area contributed by atoms with E-state index in [0.717, 1.165) is 23.6 Å². The van der Waals surface area contributed by atoms with Gasteiger partial charge in [-0.15, -0.1) is 0 Å². The molecule has 2 fully saturated rings. The van der Waals surface area contributed by atoms with Gasteiger partial charge < -0.3 is 5.32 Å². The number of rotatable bonds is 4. The molecule has 1 aliphatic heterocycles. The largest absolute Gasteiger partial charge is 0.402 e. The molecule has 8 heteroatoms. The zero-order chi connectivity index (χ0) is 15.5. The van der Waals surface area contributed by atoms with Crippen molar-refractivity contribution in [2.75, 3.05) is 19.6 Å². The molecule has 0 aromatic carbocycles. The molecule has 1 saturated heterocycles. The van der Waals surface area contributed by atoms with Crippen LogP contribution in [0.1, 0.15) is 44.9 Å². The van der Waals surface area contributed by atoms with Gasteiger partial charge in [0.15, 0.2) is 0 Å². The Labute approximate surface area is 124 Å². The van der Waals surface area contributed by atoms with Gasteiger partial charge in [0.1, 0.15) is 6.54 Å². The summed E-state index contributed by atoms with van der Waals surface area (Å²) in [5.74, 6) is 0. The molecule has 0 spiro atoms. The smallest absolute Gasteiger partial charge is 0.317 e. The number of piperidine rings is 1. The molecule has 21 heavy (non-hydrogen) atoms. The number of nitrogens with one attached hydrogen (secondary N) is 1. The van der Waals surface area contributed by atoms with E-state index in [1.807, 2.05) is 0 Å². The van der Waals surface area contributed by atoms with Crippen LogP contribution >= 0.6 is 0 Å². The van der Waals surface area contributed by atoms with Gasteiger partial charge in [-0.1, -0.05) is 19.3 Å². The highest BCUT2D eigenvalue weighted by molar-refractivity contribution is 7.89. The second-order valence-corrected chi connectivity index (χ2v) is 8.11. The lowest BCUT2D eigenvalue weighted by atomic mass is 10.0. The van der Waals surface area contributed by atoms with Crippen LogP contribution in [0.3, 0.4) is 0 Å². The van der Waals surface area contributed by atoms with E-state index in [2.05, 4.69) is 5.32 Å². The lowest BCUT2D eigenvalue weighted by molar-refractivity contribution is -0.140. The van der Waals surface area contributed by atoms with Gasteiger partial charge in [0, 0.05) is 6.04 Å². The van der Waals surface area contributed by atoms with Crippen LogP contribution in [0.2, 0.25) is 0 Å². The number of hydrogen-bond donors (Lipinski definition) is 1. The highest BCUT2D eigenvalue weighted by Crippen LogP contribution is 2.31. The molecule has 1 saturated carbocycles. The molecule has 4 nitrogen and oxygen atoms in total. The summed E-state index contributed by atoms with van der Waals surface area (Å²) in [6.45, 7) is -0.213. The summed E-state index contributed by atoms with van der Waals surface area (Å²) in [5, 5.41) is 2.43. The minimum absolute atomic E-state index is 0.446. The summed E-state index contributed by atoms with van der Waals surface area (Å²) in [7, 11) is -3.87. The maximum Gasteiger partial charge on any atom is 0.402 e. The van der Waals surface area contributed by atoms with E-state index in [-0.39, 0.29) is 0 Å². The Bertz CT molecular complexity index is 427. The van der Waals surface area contributed by atoms with Crippen LogP contribution in [-0.2, 0) is 10.0 Å². The molecule has 0 atom stereocenters. The third-order valence-electron chi connectivity index (χ3n) is 4.35. The first-order chi connectivity index (χ1) is 9.81. The Kier molecular flexibility index (Phi) is 5.54. The van der Waals surface area contributed by atoms with Crippen molar-refractivity contribution in [2.24, 2.45) is 0 Å². The van der Waals surface area contributed by atoms with Crippen LogP contribution in [0.5, 0.6) is 0 Å². The Morgan fingerprint density at radius 1 is 1.00 bits per heavy atom. The summed E-state index contributed by atoms with van der Waals surface area (Å²) >= 11 is 0. The average molecular weight is 328 g/mol. The van der Waals surface area contributed by atoms with Crippen molar-refractivity contribution in [1.29, 1.82) is 0 Å². The Morgan fingerprint density at radius 3 is 2.10 bits per heavy atom. The predicted molar refractivity (Wildman–Crippen MR) is 74.4 cm³/mol. The van der Waals surface area contributed by atoms with E-state index in [1.54, 1.807) is 0 Å². The molecule has 0 unspecified atom stereocenters. The molecular weight excluding hydrogens is 305 g/mol. The summed E-state index contributed by atoms with van der Waals surface area (Å²) in [6.07, 6.45) is -0.0788. The number of sulfonamides is 1. The maximum atomic E-state index is 12.8. The van der Waals surface area contributed by atoms with Gasteiger partial charge in [-0.3, -0.25) is 0 Å². The van der Waals surface area contributed by atoms with Crippen molar-refractivity contribution in [3.05, 3.63) is 0 Å². The van der Waals surface area contributed by atoms with Gasteiger partial charge in [-0.25, -0.2) is 8.42 Å². The fourth-order valence-corrected chi connectivity index (χ4v) is 5.52. The molecule has 1 N–H and O–H groups in total. The van der Waals surface area contributed by atoms with Crippen LogP contribution < -0.4 is 5.32 Å². The monoisotopic (exact) mass is 328 g/mol. The normalized spacial score (nSPS) is 23.6. The van der Waals surface area contributed by atoms with Crippen molar-refractivity contribution < 1.29 is 21.6 Å². The molecular formula is C13H23F3N2O2S. The fourth-order valence-electron chi connectivity index (χ4n) is 3.25. The summed E-state index contributed by atoms with van der Waals surface area (Å²) in [6, 6.07) is -0.528. The van der Waals surface area contributed by atoms with Gasteiger partial charge in [0.25, 0.3) is 0 Å². The number of nitrogens with zero attached hydrogens (tertiary/aromatic N) is 1. The molecule has 2 aliphatic rings. The van der Waals surface area contributed by atoms with Crippen molar-refractivity contribution in [2.45, 2.75) is 62.4 Å². The van der Waals surface area contributed by atoms with Crippen LogP contribution in [0, 0.1) is 0 Å². The zero-order valence-corrected chi connectivity index (χ0v) is 12.8. The Hall–Kier alpha value is -0.340. The highest BCUT2D eigenvalue weighted by atomic mass is 32.2. The minimum Gasteiger partial charge on any atom is -0.317 e. The van der Waals surface area contributed by atoms with Crippen LogP contribution in [0.4, 0.5) is 13.2 Å².